The molecule has 4 nitrogen and oxygen atoms in total. The summed E-state index contributed by atoms with van der Waals surface area (Å²) in [5, 5.41) is 3.70. The molecule has 0 spiro atoms. The van der Waals surface area contributed by atoms with Crippen molar-refractivity contribution in [3.63, 3.8) is 0 Å². The highest BCUT2D eigenvalue weighted by Gasteiger charge is 2.48. The standard InChI is InChI=1S/C50H53N3OSi/c1-29(2)23-36-27-43-38-14-12-11-13-37(38)39-17-15-35-16-18-40-41-19-20-42(46-32(5)24-31(4)25-33(46)6)51-50(41)54-49(40)47(35)44-26-30(3)21-22-52(44)34(7)48(39)53(43)28-45(36)55(8,9)10/h11-14,16,18-22,24-29,39,48H,7,15,17,23H2,1-6,8-10H3/q+2. The van der Waals surface area contributed by atoms with Crippen molar-refractivity contribution < 1.29 is 13.6 Å². The van der Waals surface area contributed by atoms with Crippen LogP contribution in [0, 0.1) is 33.6 Å². The molecule has 9 rings (SSSR count). The quantitative estimate of drug-likeness (QED) is 0.133. The molecule has 7 aromatic rings. The van der Waals surface area contributed by atoms with E-state index in [9.17, 15) is 0 Å². The van der Waals surface area contributed by atoms with Gasteiger partial charge in [0.15, 0.2) is 18.0 Å². The summed E-state index contributed by atoms with van der Waals surface area (Å²) >= 11 is 0. The number of furan rings is 1. The van der Waals surface area contributed by atoms with Crippen molar-refractivity contribution in [1.82, 2.24) is 4.98 Å². The van der Waals surface area contributed by atoms with Crippen molar-refractivity contribution in [2.45, 2.75) is 92.4 Å². The van der Waals surface area contributed by atoms with Gasteiger partial charge in [0.25, 0.3) is 0 Å². The Bertz CT molecular complexity index is 2700. The van der Waals surface area contributed by atoms with Gasteiger partial charge in [-0.05, 0) is 111 Å². The predicted molar refractivity (Wildman–Crippen MR) is 231 cm³/mol. The molecule has 276 valence electrons. The number of hydrogen-bond acceptors (Lipinski definition) is 2. The highest BCUT2D eigenvalue weighted by molar-refractivity contribution is 6.89. The summed E-state index contributed by atoms with van der Waals surface area (Å²) in [5.74, 6) is 0.831. The molecular formula is C50H53N3OSi+2. The van der Waals surface area contributed by atoms with E-state index in [0.29, 0.717) is 11.6 Å². The number of aryl methyl sites for hydroxylation is 5. The molecule has 2 aliphatic rings. The fourth-order valence-electron chi connectivity index (χ4n) is 9.94. The maximum atomic E-state index is 6.96. The smallest absolute Gasteiger partial charge is 0.249 e. The first kappa shape index (κ1) is 35.6. The molecule has 0 bridgehead atoms. The summed E-state index contributed by atoms with van der Waals surface area (Å²) in [4.78, 5) is 5.20. The average molecular weight is 740 g/mol. The van der Waals surface area contributed by atoms with Crippen LogP contribution in [-0.4, -0.2) is 13.1 Å². The summed E-state index contributed by atoms with van der Waals surface area (Å²) in [5.41, 5.74) is 18.9. The molecule has 6 heterocycles. The van der Waals surface area contributed by atoms with Crippen molar-refractivity contribution in [2.75, 3.05) is 0 Å². The number of benzene rings is 3. The first-order chi connectivity index (χ1) is 26.3. The maximum Gasteiger partial charge on any atom is 0.249 e. The highest BCUT2D eigenvalue weighted by atomic mass is 28.3. The zero-order valence-corrected chi connectivity index (χ0v) is 35.0. The Kier molecular flexibility index (Phi) is 8.39. The van der Waals surface area contributed by atoms with Crippen LogP contribution < -0.4 is 14.3 Å². The topological polar surface area (TPSA) is 33.8 Å². The van der Waals surface area contributed by atoms with E-state index in [2.05, 4.69) is 162 Å². The zero-order valence-electron chi connectivity index (χ0n) is 34.0. The summed E-state index contributed by atoms with van der Waals surface area (Å²) < 4.78 is 12.0. The van der Waals surface area contributed by atoms with Crippen LogP contribution >= 0.6 is 0 Å². The lowest BCUT2D eigenvalue weighted by atomic mass is 9.78. The molecule has 5 heteroatoms. The van der Waals surface area contributed by atoms with Gasteiger partial charge in [-0.3, -0.25) is 0 Å². The molecule has 55 heavy (non-hydrogen) atoms. The Morgan fingerprint density at radius 2 is 1.58 bits per heavy atom. The average Bonchev–Trinajstić information content (AvgIpc) is 3.51. The largest absolute Gasteiger partial charge is 0.437 e. The monoisotopic (exact) mass is 739 g/mol. The van der Waals surface area contributed by atoms with Crippen molar-refractivity contribution in [1.29, 1.82) is 0 Å². The van der Waals surface area contributed by atoms with E-state index in [0.717, 1.165) is 58.3 Å². The van der Waals surface area contributed by atoms with E-state index in [1.165, 1.54) is 55.8 Å². The summed E-state index contributed by atoms with van der Waals surface area (Å²) in [7, 11) is -1.70. The Morgan fingerprint density at radius 1 is 0.836 bits per heavy atom. The summed E-state index contributed by atoms with van der Waals surface area (Å²) in [6.07, 6.45) is 7.79. The molecule has 2 aliphatic heterocycles. The van der Waals surface area contributed by atoms with Gasteiger partial charge in [-0.2, -0.15) is 9.13 Å². The van der Waals surface area contributed by atoms with Crippen LogP contribution in [0.25, 0.3) is 61.5 Å². The molecule has 0 aliphatic carbocycles. The third kappa shape index (κ3) is 5.81. The minimum Gasteiger partial charge on any atom is -0.437 e. The molecule has 4 aromatic heterocycles. The Morgan fingerprint density at radius 3 is 2.33 bits per heavy atom. The number of allylic oxidation sites excluding steroid dienone is 1. The normalized spacial score (nSPS) is 16.6. The van der Waals surface area contributed by atoms with Crippen molar-refractivity contribution >= 4 is 41.0 Å². The SMILES string of the molecule is C=C1C2C(CCc3ccc4c(oc5nc(-c6c(C)cc(C)cc6C)ccc54)c3-c3cc(C)cc[n+]31)c1ccccc1-c1cc(CC(C)C)c([Si](C)(C)C)c[n+]12. The van der Waals surface area contributed by atoms with E-state index in [1.807, 2.05) is 0 Å². The van der Waals surface area contributed by atoms with Crippen molar-refractivity contribution in [2.24, 2.45) is 5.92 Å². The van der Waals surface area contributed by atoms with Crippen LogP contribution in [0.5, 0.6) is 0 Å². The number of aromatic nitrogens is 3. The van der Waals surface area contributed by atoms with Gasteiger partial charge < -0.3 is 4.42 Å². The van der Waals surface area contributed by atoms with Crippen LogP contribution in [0.1, 0.15) is 71.2 Å². The van der Waals surface area contributed by atoms with Crippen molar-refractivity contribution in [3.8, 4) is 33.8 Å². The second-order valence-corrected chi connectivity index (χ2v) is 22.9. The maximum absolute atomic E-state index is 6.96. The Labute approximate surface area is 327 Å². The van der Waals surface area contributed by atoms with Gasteiger partial charge >= 0.3 is 0 Å². The minimum atomic E-state index is -1.70. The number of pyridine rings is 3. The molecule has 0 radical (unpaired) electrons. The van der Waals surface area contributed by atoms with Crippen LogP contribution in [0.15, 0.2) is 102 Å². The zero-order chi connectivity index (χ0) is 38.5. The summed E-state index contributed by atoms with van der Waals surface area (Å²) in [6, 6.07) is 29.8. The van der Waals surface area contributed by atoms with Gasteiger partial charge in [-0.25, -0.2) is 4.98 Å². The fourth-order valence-corrected chi connectivity index (χ4v) is 11.6. The first-order valence-electron chi connectivity index (χ1n) is 20.1. The van der Waals surface area contributed by atoms with E-state index >= 15 is 0 Å². The van der Waals surface area contributed by atoms with Crippen LogP contribution in [-0.2, 0) is 12.8 Å². The second-order valence-electron chi connectivity index (χ2n) is 17.9. The first-order valence-corrected chi connectivity index (χ1v) is 23.6. The fraction of sp³-hybridized carbons (Fsp3) is 0.300. The van der Waals surface area contributed by atoms with Gasteiger partial charge in [-0.1, -0.05) is 81.5 Å². The third-order valence-electron chi connectivity index (χ3n) is 12.2. The third-order valence-corrected chi connectivity index (χ3v) is 14.3. The van der Waals surface area contributed by atoms with Crippen LogP contribution in [0.4, 0.5) is 0 Å². The number of nitrogens with zero attached hydrogens (tertiary/aromatic N) is 3. The lowest BCUT2D eigenvalue weighted by molar-refractivity contribution is -0.726. The Hall–Kier alpha value is -5.13. The molecule has 0 saturated heterocycles. The summed E-state index contributed by atoms with van der Waals surface area (Å²) in [6.45, 7) is 25.9. The molecule has 2 atom stereocenters. The Balaban J connectivity index is 1.28. The van der Waals surface area contributed by atoms with E-state index in [1.54, 1.807) is 5.19 Å². The van der Waals surface area contributed by atoms with E-state index < -0.39 is 8.07 Å². The van der Waals surface area contributed by atoms with Crippen molar-refractivity contribution in [3.05, 3.63) is 137 Å². The lowest BCUT2D eigenvalue weighted by Crippen LogP contribution is -2.57. The predicted octanol–water partition coefficient (Wildman–Crippen LogP) is 11.3. The minimum absolute atomic E-state index is 0.0465. The molecule has 0 N–H and O–H groups in total. The van der Waals surface area contributed by atoms with Gasteiger partial charge in [0.2, 0.25) is 28.8 Å². The van der Waals surface area contributed by atoms with Gasteiger partial charge in [-0.15, -0.1) is 0 Å². The van der Waals surface area contributed by atoms with Crippen LogP contribution in [0.2, 0.25) is 19.6 Å². The molecule has 0 amide bonds. The lowest BCUT2D eigenvalue weighted by Gasteiger charge is -2.31. The molecule has 0 saturated carbocycles. The van der Waals surface area contributed by atoms with E-state index in [4.69, 9.17) is 16.0 Å². The van der Waals surface area contributed by atoms with Gasteiger partial charge in [0.05, 0.1) is 25.2 Å². The molecule has 0 fully saturated rings. The molecule has 3 aromatic carbocycles. The number of hydrogen-bond donors (Lipinski definition) is 0. The van der Waals surface area contributed by atoms with Crippen LogP contribution in [0.3, 0.4) is 0 Å². The number of rotatable bonds is 4. The second kappa shape index (κ2) is 13.0. The molecule has 2 unspecified atom stereocenters. The van der Waals surface area contributed by atoms with Gasteiger partial charge in [0.1, 0.15) is 0 Å². The number of fused-ring (bicyclic) bond motifs is 13. The highest BCUT2D eigenvalue weighted by Crippen LogP contribution is 2.47. The molecular weight excluding hydrogens is 687 g/mol. The van der Waals surface area contributed by atoms with E-state index in [-0.39, 0.29) is 12.0 Å². The van der Waals surface area contributed by atoms with Gasteiger partial charge in [0, 0.05) is 45.3 Å².